The lowest BCUT2D eigenvalue weighted by Crippen LogP contribution is -2.36. The van der Waals surface area contributed by atoms with Crippen LogP contribution in [-0.2, 0) is 9.59 Å². The molecule has 0 radical (unpaired) electrons. The van der Waals surface area contributed by atoms with E-state index in [0.29, 0.717) is 6.42 Å². The molecule has 2 fully saturated rings. The number of carbonyl (C=O) groups is 2. The highest BCUT2D eigenvalue weighted by molar-refractivity contribution is 7.10. The van der Waals surface area contributed by atoms with Crippen LogP contribution in [0.15, 0.2) is 17.5 Å². The third-order valence-electron chi connectivity index (χ3n) is 4.16. The summed E-state index contributed by atoms with van der Waals surface area (Å²) in [6.07, 6.45) is 2.53. The average molecular weight is 278 g/mol. The topological polar surface area (TPSA) is 40.6 Å². The van der Waals surface area contributed by atoms with Crippen molar-refractivity contribution in [2.45, 2.75) is 25.3 Å². The van der Waals surface area contributed by atoms with E-state index in [1.807, 2.05) is 29.5 Å². The molecule has 0 bridgehead atoms. The summed E-state index contributed by atoms with van der Waals surface area (Å²) >= 11 is 1.63. The maximum atomic E-state index is 12.6. The van der Waals surface area contributed by atoms with Crippen molar-refractivity contribution >= 4 is 23.2 Å². The summed E-state index contributed by atoms with van der Waals surface area (Å²) in [7, 11) is 1.81. The van der Waals surface area contributed by atoms with E-state index in [0.717, 1.165) is 30.8 Å². The smallest absolute Gasteiger partial charge is 0.228 e. The van der Waals surface area contributed by atoms with Gasteiger partial charge in [0.2, 0.25) is 11.8 Å². The summed E-state index contributed by atoms with van der Waals surface area (Å²) in [5, 5.41) is 2.00. The maximum absolute atomic E-state index is 12.6. The van der Waals surface area contributed by atoms with Gasteiger partial charge in [0, 0.05) is 31.4 Å². The zero-order valence-electron chi connectivity index (χ0n) is 11.0. The van der Waals surface area contributed by atoms with E-state index < -0.39 is 0 Å². The number of rotatable bonds is 2. The van der Waals surface area contributed by atoms with E-state index in [1.165, 1.54) is 0 Å². The summed E-state index contributed by atoms with van der Waals surface area (Å²) in [6.45, 7) is 1.70. The number of likely N-dealkylation sites (tertiary alicyclic amines) is 2. The van der Waals surface area contributed by atoms with Gasteiger partial charge in [-0.05, 0) is 24.3 Å². The molecule has 1 aromatic heterocycles. The molecule has 2 amide bonds. The Hall–Kier alpha value is -1.36. The molecule has 0 aromatic carbocycles. The quantitative estimate of drug-likeness (QED) is 0.829. The minimum absolute atomic E-state index is 0.0689. The highest BCUT2D eigenvalue weighted by atomic mass is 32.1. The second kappa shape index (κ2) is 4.96. The second-order valence-electron chi connectivity index (χ2n) is 5.31. The fourth-order valence-electron chi connectivity index (χ4n) is 3.11. The van der Waals surface area contributed by atoms with Gasteiger partial charge in [-0.15, -0.1) is 11.3 Å². The van der Waals surface area contributed by atoms with Gasteiger partial charge >= 0.3 is 0 Å². The molecule has 2 aliphatic heterocycles. The molecule has 2 saturated heterocycles. The van der Waals surface area contributed by atoms with E-state index in [9.17, 15) is 9.59 Å². The van der Waals surface area contributed by atoms with Crippen LogP contribution in [0, 0.1) is 5.92 Å². The van der Waals surface area contributed by atoms with Gasteiger partial charge in [-0.25, -0.2) is 0 Å². The van der Waals surface area contributed by atoms with Crippen molar-refractivity contribution in [2.24, 2.45) is 5.92 Å². The van der Waals surface area contributed by atoms with Crippen LogP contribution in [0.3, 0.4) is 0 Å². The highest BCUT2D eigenvalue weighted by Crippen LogP contribution is 2.40. The predicted molar refractivity (Wildman–Crippen MR) is 73.8 cm³/mol. The highest BCUT2D eigenvalue weighted by Gasteiger charge is 2.44. The van der Waals surface area contributed by atoms with Crippen LogP contribution in [0.5, 0.6) is 0 Å². The van der Waals surface area contributed by atoms with Crippen molar-refractivity contribution in [2.75, 3.05) is 20.1 Å². The van der Waals surface area contributed by atoms with Gasteiger partial charge in [-0.3, -0.25) is 9.59 Å². The molecule has 0 saturated carbocycles. The zero-order valence-corrected chi connectivity index (χ0v) is 11.9. The molecular weight excluding hydrogens is 260 g/mol. The first kappa shape index (κ1) is 12.7. The minimum Gasteiger partial charge on any atom is -0.342 e. The number of carbonyl (C=O) groups excluding carboxylic acids is 2. The lowest BCUT2D eigenvalue weighted by atomic mass is 9.97. The molecule has 3 heterocycles. The third kappa shape index (κ3) is 2.16. The van der Waals surface area contributed by atoms with Gasteiger partial charge in [0.05, 0.1) is 12.0 Å². The largest absolute Gasteiger partial charge is 0.342 e. The van der Waals surface area contributed by atoms with Crippen LogP contribution in [0.2, 0.25) is 0 Å². The van der Waals surface area contributed by atoms with Crippen LogP contribution in [0.1, 0.15) is 30.2 Å². The molecule has 0 spiro atoms. The minimum atomic E-state index is -0.200. The summed E-state index contributed by atoms with van der Waals surface area (Å²) in [5.41, 5.74) is 0. The Kier molecular flexibility index (Phi) is 3.31. The molecule has 102 valence electrons. The lowest BCUT2D eigenvalue weighted by Gasteiger charge is -2.26. The van der Waals surface area contributed by atoms with Gasteiger partial charge in [0.15, 0.2) is 0 Å². The monoisotopic (exact) mass is 278 g/mol. The Morgan fingerprint density at radius 2 is 2.11 bits per heavy atom. The molecule has 4 nitrogen and oxygen atoms in total. The number of thiophene rings is 1. The van der Waals surface area contributed by atoms with E-state index in [1.54, 1.807) is 16.2 Å². The number of nitrogens with zero attached hydrogens (tertiary/aromatic N) is 2. The normalized spacial score (nSPS) is 27.3. The summed E-state index contributed by atoms with van der Waals surface area (Å²) in [6, 6.07) is 3.93. The Morgan fingerprint density at radius 1 is 1.37 bits per heavy atom. The lowest BCUT2D eigenvalue weighted by molar-refractivity contribution is -0.135. The molecular formula is C14H18N2O2S. The molecule has 0 N–H and O–H groups in total. The molecule has 3 rings (SSSR count). The number of hydrogen-bond acceptors (Lipinski definition) is 3. The fraction of sp³-hybridized carbons (Fsp3) is 0.571. The summed E-state index contributed by atoms with van der Waals surface area (Å²) in [4.78, 5) is 29.4. The molecule has 5 heteroatoms. The van der Waals surface area contributed by atoms with Crippen LogP contribution in [0.25, 0.3) is 0 Å². The first-order valence-electron chi connectivity index (χ1n) is 6.76. The van der Waals surface area contributed by atoms with Crippen LogP contribution in [-0.4, -0.2) is 41.8 Å². The van der Waals surface area contributed by atoms with Crippen molar-refractivity contribution in [1.29, 1.82) is 0 Å². The molecule has 0 aliphatic carbocycles. The van der Waals surface area contributed by atoms with Crippen molar-refractivity contribution in [1.82, 2.24) is 9.80 Å². The predicted octanol–water partition coefficient (Wildman–Crippen LogP) is 1.89. The van der Waals surface area contributed by atoms with Crippen molar-refractivity contribution in [3.05, 3.63) is 22.4 Å². The Bertz CT molecular complexity index is 480. The van der Waals surface area contributed by atoms with E-state index >= 15 is 0 Å². The SMILES string of the molecule is CN1C(=O)C[C@@H](C(=O)N2CCCC2)[C@@H]1c1cccs1. The Labute approximate surface area is 117 Å². The first-order chi connectivity index (χ1) is 9.18. The molecule has 0 unspecified atom stereocenters. The van der Waals surface area contributed by atoms with E-state index in [-0.39, 0.29) is 23.8 Å². The maximum Gasteiger partial charge on any atom is 0.228 e. The van der Waals surface area contributed by atoms with Gasteiger partial charge < -0.3 is 9.80 Å². The van der Waals surface area contributed by atoms with Crippen molar-refractivity contribution in [3.63, 3.8) is 0 Å². The zero-order chi connectivity index (χ0) is 13.4. The van der Waals surface area contributed by atoms with Gasteiger partial charge in [0.1, 0.15) is 0 Å². The first-order valence-corrected chi connectivity index (χ1v) is 7.64. The van der Waals surface area contributed by atoms with Crippen LogP contribution < -0.4 is 0 Å². The summed E-state index contributed by atoms with van der Waals surface area (Å²) < 4.78 is 0. The van der Waals surface area contributed by atoms with Gasteiger partial charge in [-0.1, -0.05) is 6.07 Å². The van der Waals surface area contributed by atoms with E-state index in [2.05, 4.69) is 0 Å². The molecule has 19 heavy (non-hydrogen) atoms. The van der Waals surface area contributed by atoms with Gasteiger partial charge in [0.25, 0.3) is 0 Å². The van der Waals surface area contributed by atoms with E-state index in [4.69, 9.17) is 0 Å². The van der Waals surface area contributed by atoms with Crippen molar-refractivity contribution < 1.29 is 9.59 Å². The third-order valence-corrected chi connectivity index (χ3v) is 5.10. The molecule has 2 aliphatic rings. The number of hydrogen-bond donors (Lipinski definition) is 0. The Balaban J connectivity index is 1.86. The average Bonchev–Trinajstić information content (AvgIpc) is 3.11. The summed E-state index contributed by atoms with van der Waals surface area (Å²) in [5.74, 6) is 0.0406. The van der Waals surface area contributed by atoms with Gasteiger partial charge in [-0.2, -0.15) is 0 Å². The molecule has 2 atom stereocenters. The van der Waals surface area contributed by atoms with Crippen LogP contribution in [0.4, 0.5) is 0 Å². The Morgan fingerprint density at radius 3 is 2.74 bits per heavy atom. The standard InChI is InChI=1S/C14H18N2O2S/c1-15-12(17)9-10(13(15)11-5-4-8-19-11)14(18)16-6-2-3-7-16/h4-5,8,10,13H,2-3,6-7,9H2,1H3/t10-,13-/m1/s1. The second-order valence-corrected chi connectivity index (χ2v) is 6.29. The molecule has 1 aromatic rings. The fourth-order valence-corrected chi connectivity index (χ4v) is 4.05. The van der Waals surface area contributed by atoms with Crippen LogP contribution >= 0.6 is 11.3 Å². The number of amides is 2. The van der Waals surface area contributed by atoms with Crippen molar-refractivity contribution in [3.8, 4) is 0 Å².